The van der Waals surface area contributed by atoms with Crippen LogP contribution in [0.4, 0.5) is 0 Å². The third-order valence-corrected chi connectivity index (χ3v) is 10.4. The first-order valence-electron chi connectivity index (χ1n) is 17.8. The van der Waals surface area contributed by atoms with Crippen LogP contribution in [0.15, 0.2) is 164 Å². The van der Waals surface area contributed by atoms with Gasteiger partial charge in [-0.1, -0.05) is 153 Å². The van der Waals surface area contributed by atoms with Gasteiger partial charge in [-0.2, -0.15) is 0 Å². The number of hydrogen-bond acceptors (Lipinski definition) is 5. The second-order valence-electron chi connectivity index (χ2n) is 14.0. The Morgan fingerprint density at radius 1 is 0.377 bits per heavy atom. The fourth-order valence-electron chi connectivity index (χ4n) is 7.64. The van der Waals surface area contributed by atoms with E-state index in [1.54, 1.807) is 0 Å². The van der Waals surface area contributed by atoms with Gasteiger partial charge in [0.05, 0.1) is 0 Å². The van der Waals surface area contributed by atoms with Crippen molar-refractivity contribution in [2.45, 2.75) is 19.3 Å². The lowest BCUT2D eigenvalue weighted by molar-refractivity contribution is 0.360. The second kappa shape index (κ2) is 12.1. The van der Waals surface area contributed by atoms with Gasteiger partial charge in [-0.25, -0.2) is 15.0 Å². The van der Waals surface area contributed by atoms with Crippen molar-refractivity contribution in [2.24, 2.45) is 0 Å². The van der Waals surface area contributed by atoms with Gasteiger partial charge < -0.3 is 9.47 Å². The van der Waals surface area contributed by atoms with Crippen molar-refractivity contribution in [1.82, 2.24) is 15.0 Å². The van der Waals surface area contributed by atoms with E-state index in [4.69, 9.17) is 24.4 Å². The molecule has 2 heterocycles. The van der Waals surface area contributed by atoms with Crippen molar-refractivity contribution < 1.29 is 9.47 Å². The molecule has 0 amide bonds. The van der Waals surface area contributed by atoms with E-state index in [2.05, 4.69) is 123 Å². The lowest BCUT2D eigenvalue weighted by atomic mass is 9.82. The highest BCUT2D eigenvalue weighted by atomic mass is 16.6. The molecule has 0 spiro atoms. The maximum absolute atomic E-state index is 6.62. The van der Waals surface area contributed by atoms with Crippen LogP contribution in [-0.4, -0.2) is 15.0 Å². The number of aromatic nitrogens is 3. The van der Waals surface area contributed by atoms with Crippen molar-refractivity contribution in [1.29, 1.82) is 0 Å². The number of nitrogens with zero attached hydrogens (tertiary/aromatic N) is 3. The van der Waals surface area contributed by atoms with E-state index >= 15 is 0 Å². The number of hydrogen-bond donors (Lipinski definition) is 0. The van der Waals surface area contributed by atoms with Crippen LogP contribution in [0, 0.1) is 0 Å². The summed E-state index contributed by atoms with van der Waals surface area (Å²) in [7, 11) is 0. The molecule has 5 nitrogen and oxygen atoms in total. The molecule has 8 aromatic rings. The van der Waals surface area contributed by atoms with Gasteiger partial charge >= 0.3 is 0 Å². The third kappa shape index (κ3) is 5.28. The molecule has 0 saturated heterocycles. The lowest BCUT2D eigenvalue weighted by Gasteiger charge is -2.25. The zero-order chi connectivity index (χ0) is 35.5. The smallest absolute Gasteiger partial charge is 0.178 e. The summed E-state index contributed by atoms with van der Waals surface area (Å²) in [6.45, 7) is 4.54. The van der Waals surface area contributed by atoms with E-state index in [-0.39, 0.29) is 5.41 Å². The molecule has 1 aliphatic heterocycles. The Labute approximate surface area is 308 Å². The predicted molar refractivity (Wildman–Crippen MR) is 211 cm³/mol. The van der Waals surface area contributed by atoms with Crippen LogP contribution in [0.1, 0.15) is 25.0 Å². The molecule has 252 valence electrons. The Kier molecular flexibility index (Phi) is 7.08. The first-order valence-corrected chi connectivity index (χ1v) is 17.8. The highest BCUT2D eigenvalue weighted by molar-refractivity contribution is 5.88. The van der Waals surface area contributed by atoms with Crippen LogP contribution in [-0.2, 0) is 5.41 Å². The summed E-state index contributed by atoms with van der Waals surface area (Å²) in [5.41, 5.74) is 11.9. The first kappa shape index (κ1) is 30.9. The molecule has 0 saturated carbocycles. The van der Waals surface area contributed by atoms with Gasteiger partial charge in [0.1, 0.15) is 0 Å². The molecular weight excluding hydrogens is 651 g/mol. The fraction of sp³-hybridized carbons (Fsp3) is 0.0625. The van der Waals surface area contributed by atoms with Gasteiger partial charge in [-0.15, -0.1) is 0 Å². The molecule has 0 bridgehead atoms. The highest BCUT2D eigenvalue weighted by Gasteiger charge is 2.39. The minimum Gasteiger partial charge on any atom is -0.449 e. The van der Waals surface area contributed by atoms with E-state index in [1.165, 1.54) is 16.7 Å². The molecule has 2 aliphatic rings. The minimum atomic E-state index is -0.111. The van der Waals surface area contributed by atoms with Crippen LogP contribution in [0.2, 0.25) is 0 Å². The number of ether oxygens (including phenoxy) is 2. The summed E-state index contributed by atoms with van der Waals surface area (Å²) in [6.07, 6.45) is 0. The van der Waals surface area contributed by atoms with E-state index in [1.807, 2.05) is 54.6 Å². The lowest BCUT2D eigenvalue weighted by Crippen LogP contribution is -2.15. The molecule has 0 fully saturated rings. The molecule has 53 heavy (non-hydrogen) atoms. The molecule has 5 heteroatoms. The maximum atomic E-state index is 6.62. The Morgan fingerprint density at radius 2 is 0.906 bits per heavy atom. The molecule has 1 aromatic heterocycles. The van der Waals surface area contributed by atoms with Crippen molar-refractivity contribution in [3.8, 4) is 90.5 Å². The monoisotopic (exact) mass is 683 g/mol. The summed E-state index contributed by atoms with van der Waals surface area (Å²) < 4.78 is 13.2. The van der Waals surface area contributed by atoms with Gasteiger partial charge in [0.15, 0.2) is 40.5 Å². The molecular formula is C48H33N3O2. The summed E-state index contributed by atoms with van der Waals surface area (Å²) in [6, 6.07) is 56.0. The van der Waals surface area contributed by atoms with E-state index in [0.717, 1.165) is 56.0 Å². The Balaban J connectivity index is 0.978. The van der Waals surface area contributed by atoms with Gasteiger partial charge in [0.2, 0.25) is 0 Å². The third-order valence-electron chi connectivity index (χ3n) is 10.4. The topological polar surface area (TPSA) is 57.1 Å². The quantitative estimate of drug-likeness (QED) is 0.181. The van der Waals surface area contributed by atoms with Crippen molar-refractivity contribution >= 4 is 0 Å². The zero-order valence-electron chi connectivity index (χ0n) is 29.2. The number of fused-ring (bicyclic) bond motifs is 6. The normalized spacial score (nSPS) is 13.2. The average molecular weight is 684 g/mol. The standard InChI is InChI=1S/C48H33N3O2/c1-48(2)38-19-10-9-18-37(38)43-39(48)25-27-41-44(43)53-40-26-24-35(29-42(40)52-41)31-20-22-33(23-21-31)46-49-45(32-14-7-4-8-15-32)50-47(51-46)36-17-11-16-34(28-36)30-12-5-3-6-13-30/h3-29H,1-2H3. The molecule has 1 aliphatic carbocycles. The van der Waals surface area contributed by atoms with Crippen LogP contribution in [0.3, 0.4) is 0 Å². The van der Waals surface area contributed by atoms with Gasteiger partial charge in [-0.3, -0.25) is 0 Å². The van der Waals surface area contributed by atoms with Gasteiger partial charge in [0, 0.05) is 27.7 Å². The highest BCUT2D eigenvalue weighted by Crippen LogP contribution is 2.58. The Bertz CT molecular complexity index is 2690. The maximum Gasteiger partial charge on any atom is 0.178 e. The number of rotatable bonds is 5. The molecule has 0 radical (unpaired) electrons. The molecule has 0 atom stereocenters. The first-order chi connectivity index (χ1) is 26.0. The SMILES string of the molecule is CC1(C)c2ccccc2-c2c1ccc1c2Oc2ccc(-c3ccc(-c4nc(-c5ccccc5)nc(-c5cccc(-c6ccccc6)c5)n4)cc3)cc2O1. The summed E-state index contributed by atoms with van der Waals surface area (Å²) in [5.74, 6) is 4.77. The van der Waals surface area contributed by atoms with Gasteiger partial charge in [-0.05, 0) is 63.2 Å². The molecule has 7 aromatic carbocycles. The largest absolute Gasteiger partial charge is 0.449 e. The second-order valence-corrected chi connectivity index (χ2v) is 14.0. The Morgan fingerprint density at radius 3 is 1.66 bits per heavy atom. The average Bonchev–Trinajstić information content (AvgIpc) is 3.46. The summed E-state index contributed by atoms with van der Waals surface area (Å²) >= 11 is 0. The molecule has 10 rings (SSSR count). The summed E-state index contributed by atoms with van der Waals surface area (Å²) in [5, 5.41) is 0. The van der Waals surface area contributed by atoms with Crippen LogP contribution < -0.4 is 9.47 Å². The predicted octanol–water partition coefficient (Wildman–Crippen LogP) is 12.4. The zero-order valence-corrected chi connectivity index (χ0v) is 29.2. The summed E-state index contributed by atoms with van der Waals surface area (Å²) in [4.78, 5) is 14.9. The van der Waals surface area contributed by atoms with Crippen LogP contribution >= 0.6 is 0 Å². The fourth-order valence-corrected chi connectivity index (χ4v) is 7.64. The van der Waals surface area contributed by atoms with Crippen molar-refractivity contribution in [3.63, 3.8) is 0 Å². The van der Waals surface area contributed by atoms with E-state index in [9.17, 15) is 0 Å². The number of benzene rings is 7. The van der Waals surface area contributed by atoms with E-state index in [0.29, 0.717) is 29.0 Å². The van der Waals surface area contributed by atoms with Crippen molar-refractivity contribution in [3.05, 3.63) is 175 Å². The Hall–Kier alpha value is -6.85. The van der Waals surface area contributed by atoms with Gasteiger partial charge in [0.25, 0.3) is 0 Å². The van der Waals surface area contributed by atoms with Crippen LogP contribution in [0.5, 0.6) is 23.0 Å². The van der Waals surface area contributed by atoms with Crippen LogP contribution in [0.25, 0.3) is 67.5 Å². The van der Waals surface area contributed by atoms with E-state index < -0.39 is 0 Å². The molecule has 0 unspecified atom stereocenters. The van der Waals surface area contributed by atoms with Crippen molar-refractivity contribution in [2.75, 3.05) is 0 Å². The minimum absolute atomic E-state index is 0.111. The molecule has 0 N–H and O–H groups in total.